The number of likely N-dealkylation sites (tertiary alicyclic amines) is 1. The van der Waals surface area contributed by atoms with E-state index in [0.29, 0.717) is 12.6 Å². The Labute approximate surface area is 156 Å². The molecule has 1 heterocycles. The SMILES string of the molecule is Cc1ccccc1C(=O)NC1CCN(CC(=O)NC2CCCCC2)CC1. The first-order chi connectivity index (χ1) is 12.6. The van der Waals surface area contributed by atoms with Crippen LogP contribution < -0.4 is 10.6 Å². The van der Waals surface area contributed by atoms with Gasteiger partial charge in [-0.1, -0.05) is 37.5 Å². The molecule has 0 spiro atoms. The number of rotatable bonds is 5. The molecule has 2 aliphatic rings. The lowest BCUT2D eigenvalue weighted by atomic mass is 9.95. The molecule has 0 radical (unpaired) electrons. The molecule has 0 unspecified atom stereocenters. The maximum Gasteiger partial charge on any atom is 0.251 e. The smallest absolute Gasteiger partial charge is 0.251 e. The summed E-state index contributed by atoms with van der Waals surface area (Å²) in [7, 11) is 0. The first kappa shape index (κ1) is 18.9. The molecule has 1 aromatic rings. The molecule has 1 aliphatic carbocycles. The molecule has 2 amide bonds. The van der Waals surface area contributed by atoms with E-state index < -0.39 is 0 Å². The molecule has 1 aliphatic heterocycles. The van der Waals surface area contributed by atoms with Crippen LogP contribution in [0.2, 0.25) is 0 Å². The fraction of sp³-hybridized carbons (Fsp3) is 0.619. The minimum atomic E-state index is 0.0107. The minimum absolute atomic E-state index is 0.0107. The monoisotopic (exact) mass is 357 g/mol. The number of nitrogens with zero attached hydrogens (tertiary/aromatic N) is 1. The molecule has 142 valence electrons. The van der Waals surface area contributed by atoms with Gasteiger partial charge in [0.25, 0.3) is 5.91 Å². The van der Waals surface area contributed by atoms with E-state index in [1.165, 1.54) is 19.3 Å². The molecular weight excluding hydrogens is 326 g/mol. The molecule has 5 heteroatoms. The summed E-state index contributed by atoms with van der Waals surface area (Å²) in [5, 5.41) is 6.34. The summed E-state index contributed by atoms with van der Waals surface area (Å²) in [4.78, 5) is 26.9. The molecule has 2 fully saturated rings. The van der Waals surface area contributed by atoms with Crippen LogP contribution in [0.15, 0.2) is 24.3 Å². The van der Waals surface area contributed by atoms with Gasteiger partial charge in [-0.2, -0.15) is 0 Å². The van der Waals surface area contributed by atoms with Gasteiger partial charge in [-0.15, -0.1) is 0 Å². The normalized spacial score (nSPS) is 19.9. The van der Waals surface area contributed by atoms with Crippen molar-refractivity contribution in [2.45, 2.75) is 64.0 Å². The zero-order valence-electron chi connectivity index (χ0n) is 15.8. The summed E-state index contributed by atoms with van der Waals surface area (Å²) in [6.45, 7) is 4.16. The van der Waals surface area contributed by atoms with Crippen molar-refractivity contribution < 1.29 is 9.59 Å². The lowest BCUT2D eigenvalue weighted by Gasteiger charge is -2.32. The van der Waals surface area contributed by atoms with Gasteiger partial charge in [0.15, 0.2) is 0 Å². The molecule has 3 rings (SSSR count). The molecule has 1 saturated heterocycles. The van der Waals surface area contributed by atoms with Crippen molar-refractivity contribution in [3.63, 3.8) is 0 Å². The number of carbonyl (C=O) groups excluding carboxylic acids is 2. The van der Waals surface area contributed by atoms with Crippen LogP contribution in [-0.2, 0) is 4.79 Å². The Morgan fingerprint density at radius 1 is 0.962 bits per heavy atom. The van der Waals surface area contributed by atoms with Crippen LogP contribution in [0.5, 0.6) is 0 Å². The molecule has 0 aromatic heterocycles. The van der Waals surface area contributed by atoms with Crippen LogP contribution in [0.1, 0.15) is 60.9 Å². The fourth-order valence-electron chi connectivity index (χ4n) is 4.05. The Kier molecular flexibility index (Phi) is 6.67. The number of piperidine rings is 1. The Morgan fingerprint density at radius 2 is 1.62 bits per heavy atom. The van der Waals surface area contributed by atoms with E-state index in [0.717, 1.165) is 49.9 Å². The van der Waals surface area contributed by atoms with Gasteiger partial charge in [0.2, 0.25) is 5.91 Å². The van der Waals surface area contributed by atoms with E-state index in [2.05, 4.69) is 15.5 Å². The molecular formula is C21H31N3O2. The summed E-state index contributed by atoms with van der Waals surface area (Å²) >= 11 is 0. The number of aryl methyl sites for hydroxylation is 1. The highest BCUT2D eigenvalue weighted by molar-refractivity contribution is 5.95. The zero-order chi connectivity index (χ0) is 18.4. The minimum Gasteiger partial charge on any atom is -0.352 e. The Balaban J connectivity index is 1.39. The molecule has 0 atom stereocenters. The summed E-state index contributed by atoms with van der Waals surface area (Å²) < 4.78 is 0. The number of benzene rings is 1. The highest BCUT2D eigenvalue weighted by atomic mass is 16.2. The maximum absolute atomic E-state index is 12.4. The van der Waals surface area contributed by atoms with E-state index in [4.69, 9.17) is 0 Å². The second kappa shape index (κ2) is 9.17. The van der Waals surface area contributed by atoms with Gasteiger partial charge in [-0.3, -0.25) is 14.5 Å². The van der Waals surface area contributed by atoms with Crippen molar-refractivity contribution in [2.24, 2.45) is 0 Å². The van der Waals surface area contributed by atoms with Crippen LogP contribution in [0.25, 0.3) is 0 Å². The number of hydrogen-bond donors (Lipinski definition) is 2. The van der Waals surface area contributed by atoms with Gasteiger partial charge in [0, 0.05) is 30.7 Å². The standard InChI is InChI=1S/C21H31N3O2/c1-16-7-5-6-10-19(16)21(26)23-18-11-13-24(14-12-18)15-20(25)22-17-8-3-2-4-9-17/h5-7,10,17-18H,2-4,8-9,11-15H2,1H3,(H,22,25)(H,23,26). The van der Waals surface area contributed by atoms with Gasteiger partial charge >= 0.3 is 0 Å². The van der Waals surface area contributed by atoms with Crippen LogP contribution in [0, 0.1) is 6.92 Å². The second-order valence-corrected chi connectivity index (χ2v) is 7.74. The molecule has 26 heavy (non-hydrogen) atoms. The van der Waals surface area contributed by atoms with Crippen molar-refractivity contribution in [1.82, 2.24) is 15.5 Å². The van der Waals surface area contributed by atoms with Crippen molar-refractivity contribution in [2.75, 3.05) is 19.6 Å². The van der Waals surface area contributed by atoms with E-state index in [1.54, 1.807) is 0 Å². The van der Waals surface area contributed by atoms with E-state index in [9.17, 15) is 9.59 Å². The lowest BCUT2D eigenvalue weighted by molar-refractivity contribution is -0.123. The highest BCUT2D eigenvalue weighted by Gasteiger charge is 2.24. The quantitative estimate of drug-likeness (QED) is 0.852. The van der Waals surface area contributed by atoms with E-state index in [1.807, 2.05) is 31.2 Å². The van der Waals surface area contributed by atoms with Crippen LogP contribution in [0.4, 0.5) is 0 Å². The summed E-state index contributed by atoms with van der Waals surface area (Å²) in [6, 6.07) is 8.25. The van der Waals surface area contributed by atoms with Gasteiger partial charge in [-0.05, 0) is 44.2 Å². The maximum atomic E-state index is 12.4. The predicted octanol–water partition coefficient (Wildman–Crippen LogP) is 2.64. The largest absolute Gasteiger partial charge is 0.352 e. The third kappa shape index (κ3) is 5.31. The fourth-order valence-corrected chi connectivity index (χ4v) is 4.05. The summed E-state index contributed by atoms with van der Waals surface area (Å²) in [5.41, 5.74) is 1.75. The zero-order valence-corrected chi connectivity index (χ0v) is 15.8. The summed E-state index contributed by atoms with van der Waals surface area (Å²) in [6.07, 6.45) is 7.81. The first-order valence-electron chi connectivity index (χ1n) is 10.00. The van der Waals surface area contributed by atoms with Crippen LogP contribution in [-0.4, -0.2) is 48.4 Å². The summed E-state index contributed by atoms with van der Waals surface area (Å²) in [5.74, 6) is 0.163. The highest BCUT2D eigenvalue weighted by Crippen LogP contribution is 2.17. The van der Waals surface area contributed by atoms with Crippen molar-refractivity contribution in [3.05, 3.63) is 35.4 Å². The first-order valence-corrected chi connectivity index (χ1v) is 10.00. The van der Waals surface area contributed by atoms with Gasteiger partial charge in [-0.25, -0.2) is 0 Å². The van der Waals surface area contributed by atoms with Crippen molar-refractivity contribution in [3.8, 4) is 0 Å². The number of nitrogens with one attached hydrogen (secondary N) is 2. The Bertz CT molecular complexity index is 617. The van der Waals surface area contributed by atoms with Gasteiger partial charge in [0.1, 0.15) is 0 Å². The van der Waals surface area contributed by atoms with Gasteiger partial charge < -0.3 is 10.6 Å². The number of carbonyl (C=O) groups is 2. The van der Waals surface area contributed by atoms with Crippen LogP contribution >= 0.6 is 0 Å². The average molecular weight is 357 g/mol. The number of amides is 2. The Morgan fingerprint density at radius 3 is 2.31 bits per heavy atom. The molecule has 1 saturated carbocycles. The third-order valence-electron chi connectivity index (χ3n) is 5.65. The molecule has 0 bridgehead atoms. The van der Waals surface area contributed by atoms with E-state index in [-0.39, 0.29) is 17.9 Å². The van der Waals surface area contributed by atoms with E-state index >= 15 is 0 Å². The average Bonchev–Trinajstić information content (AvgIpc) is 2.64. The number of hydrogen-bond acceptors (Lipinski definition) is 3. The topological polar surface area (TPSA) is 61.4 Å². The predicted molar refractivity (Wildman–Crippen MR) is 103 cm³/mol. The van der Waals surface area contributed by atoms with Crippen molar-refractivity contribution in [1.29, 1.82) is 0 Å². The van der Waals surface area contributed by atoms with Gasteiger partial charge in [0.05, 0.1) is 6.54 Å². The molecule has 1 aromatic carbocycles. The lowest BCUT2D eigenvalue weighted by Crippen LogP contribution is -2.48. The molecule has 5 nitrogen and oxygen atoms in total. The third-order valence-corrected chi connectivity index (χ3v) is 5.65. The van der Waals surface area contributed by atoms with Crippen molar-refractivity contribution >= 4 is 11.8 Å². The molecule has 2 N–H and O–H groups in total. The van der Waals surface area contributed by atoms with Crippen LogP contribution in [0.3, 0.4) is 0 Å². The second-order valence-electron chi connectivity index (χ2n) is 7.74. The Hall–Kier alpha value is -1.88.